The number of para-hydroxylation sites is 2. The zero-order chi connectivity index (χ0) is 49.1. The van der Waals surface area contributed by atoms with Crippen molar-refractivity contribution >= 4 is 43.6 Å². The Kier molecular flexibility index (Phi) is 8.89. The molecule has 342 valence electrons. The number of nitrogens with zero attached hydrogens (tertiary/aromatic N) is 4. The van der Waals surface area contributed by atoms with E-state index in [9.17, 15) is 10.5 Å². The van der Waals surface area contributed by atoms with Crippen LogP contribution in [0.15, 0.2) is 255 Å². The van der Waals surface area contributed by atoms with Gasteiger partial charge in [0.2, 0.25) is 0 Å². The van der Waals surface area contributed by atoms with E-state index in [0.29, 0.717) is 22.5 Å². The quantitative estimate of drug-likeness (QED) is 0.167. The SMILES string of the molecule is N#Cc1ccc(C#N)c(-n2c3ccccc3c3c4c(ccc32)-c2ccccc2C4(c2ccccc2)c2ccccc2)c1-n1c2ccccc2c2c3c(ccc21)-c1ccccc1C3(c1ccccc1)c1ccccc1. The highest BCUT2D eigenvalue weighted by Gasteiger charge is 2.49. The number of fused-ring (bicyclic) bond motifs is 14. The first-order chi connectivity index (χ1) is 36.7. The predicted octanol–water partition coefficient (Wildman–Crippen LogP) is 16.4. The van der Waals surface area contributed by atoms with E-state index >= 15 is 0 Å². The zero-order valence-corrected chi connectivity index (χ0v) is 40.0. The molecule has 2 aliphatic rings. The van der Waals surface area contributed by atoms with Crippen LogP contribution in [-0.2, 0) is 10.8 Å². The maximum Gasteiger partial charge on any atom is 0.101 e. The molecule has 0 fully saturated rings. The Morgan fingerprint density at radius 1 is 0.284 bits per heavy atom. The summed E-state index contributed by atoms with van der Waals surface area (Å²) in [4.78, 5) is 0. The Balaban J connectivity index is 1.11. The van der Waals surface area contributed by atoms with Gasteiger partial charge in [0.1, 0.15) is 12.1 Å². The van der Waals surface area contributed by atoms with E-state index < -0.39 is 10.8 Å². The van der Waals surface area contributed by atoms with Crippen molar-refractivity contribution in [1.82, 2.24) is 9.13 Å². The number of hydrogen-bond donors (Lipinski definition) is 0. The standard InChI is InChI=1S/C70H42N4/c71-43-45-37-38-46(44-72)68(74-60-36-20-16-32-56(60)64-62(74)42-40-54-52-30-14-18-34-58(52)70(66(54)64,49-25-9-3-10-26-49)50-27-11-4-12-28-50)67(45)73-59-35-19-15-31-55(59)63-61(73)41-39-53-51-29-13-17-33-57(51)69(65(53)63,47-21-5-1-6-22-47)48-23-7-2-8-24-48/h1-42H. The molecule has 11 aromatic carbocycles. The molecule has 74 heavy (non-hydrogen) atoms. The van der Waals surface area contributed by atoms with Crippen molar-refractivity contribution in [2.24, 2.45) is 0 Å². The molecular formula is C70H42N4. The summed E-state index contributed by atoms with van der Waals surface area (Å²) >= 11 is 0. The van der Waals surface area contributed by atoms with E-state index in [4.69, 9.17) is 0 Å². The van der Waals surface area contributed by atoms with E-state index in [2.05, 4.69) is 264 Å². The van der Waals surface area contributed by atoms with Crippen LogP contribution in [0.5, 0.6) is 0 Å². The number of nitriles is 2. The van der Waals surface area contributed by atoms with Crippen molar-refractivity contribution < 1.29 is 0 Å². The van der Waals surface area contributed by atoms with Crippen LogP contribution < -0.4 is 0 Å². The Hall–Kier alpha value is -10.0. The first-order valence-corrected chi connectivity index (χ1v) is 25.2. The maximum atomic E-state index is 11.5. The lowest BCUT2D eigenvalue weighted by atomic mass is 9.67. The zero-order valence-electron chi connectivity index (χ0n) is 40.0. The van der Waals surface area contributed by atoms with Crippen molar-refractivity contribution in [1.29, 1.82) is 10.5 Å². The monoisotopic (exact) mass is 938 g/mol. The summed E-state index contributed by atoms with van der Waals surface area (Å²) in [6.45, 7) is 0. The normalized spacial score (nSPS) is 13.6. The Morgan fingerprint density at radius 3 is 0.973 bits per heavy atom. The summed E-state index contributed by atoms with van der Waals surface area (Å²) in [5.41, 5.74) is 18.9. The highest BCUT2D eigenvalue weighted by atomic mass is 15.1. The minimum Gasteiger partial charge on any atom is -0.306 e. The van der Waals surface area contributed by atoms with E-state index in [1.54, 1.807) is 0 Å². The van der Waals surface area contributed by atoms with Gasteiger partial charge in [-0.3, -0.25) is 0 Å². The van der Waals surface area contributed by atoms with E-state index in [1.165, 1.54) is 66.8 Å². The molecule has 4 nitrogen and oxygen atoms in total. The van der Waals surface area contributed by atoms with Gasteiger partial charge in [-0.25, -0.2) is 0 Å². The second-order valence-corrected chi connectivity index (χ2v) is 19.6. The minimum absolute atomic E-state index is 0.463. The fraction of sp³-hybridized carbons (Fsp3) is 0.0286. The first kappa shape index (κ1) is 41.8. The van der Waals surface area contributed by atoms with E-state index in [0.717, 1.165) is 43.6 Å². The van der Waals surface area contributed by atoms with Gasteiger partial charge in [-0.15, -0.1) is 0 Å². The first-order valence-electron chi connectivity index (χ1n) is 25.2. The van der Waals surface area contributed by atoms with Gasteiger partial charge >= 0.3 is 0 Å². The predicted molar refractivity (Wildman–Crippen MR) is 299 cm³/mol. The summed E-state index contributed by atoms with van der Waals surface area (Å²) in [7, 11) is 0. The minimum atomic E-state index is -0.687. The third-order valence-corrected chi connectivity index (χ3v) is 16.3. The molecule has 0 N–H and O–H groups in total. The molecule has 0 unspecified atom stereocenters. The smallest absolute Gasteiger partial charge is 0.101 e. The van der Waals surface area contributed by atoms with Gasteiger partial charge in [0.15, 0.2) is 0 Å². The summed E-state index contributed by atoms with van der Waals surface area (Å²) in [5, 5.41) is 27.4. The number of rotatable bonds is 6. The molecule has 0 spiro atoms. The van der Waals surface area contributed by atoms with Crippen LogP contribution in [0, 0.1) is 22.7 Å². The molecule has 0 bridgehead atoms. The van der Waals surface area contributed by atoms with Gasteiger partial charge < -0.3 is 9.13 Å². The highest BCUT2D eigenvalue weighted by Crippen LogP contribution is 2.61. The molecule has 2 aromatic heterocycles. The van der Waals surface area contributed by atoms with Crippen LogP contribution in [0.3, 0.4) is 0 Å². The maximum absolute atomic E-state index is 11.5. The Labute approximate surface area is 428 Å². The van der Waals surface area contributed by atoms with Gasteiger partial charge in [-0.2, -0.15) is 10.5 Å². The lowest BCUT2D eigenvalue weighted by Crippen LogP contribution is -2.28. The Morgan fingerprint density at radius 2 is 0.608 bits per heavy atom. The lowest BCUT2D eigenvalue weighted by molar-refractivity contribution is 0.776. The third kappa shape index (κ3) is 5.28. The van der Waals surface area contributed by atoms with Crippen LogP contribution in [0.4, 0.5) is 0 Å². The molecule has 15 rings (SSSR count). The van der Waals surface area contributed by atoms with Crippen molar-refractivity contribution in [3.63, 3.8) is 0 Å². The molecule has 0 radical (unpaired) electrons. The number of benzene rings is 11. The summed E-state index contributed by atoms with van der Waals surface area (Å²) in [5.74, 6) is 0. The molecule has 13 aromatic rings. The van der Waals surface area contributed by atoms with Gasteiger partial charge in [-0.05, 0) is 103 Å². The molecule has 4 heteroatoms. The fourth-order valence-electron chi connectivity index (χ4n) is 13.7. The number of hydrogen-bond acceptors (Lipinski definition) is 2. The fourth-order valence-corrected chi connectivity index (χ4v) is 13.7. The Bertz CT molecular complexity index is 4180. The summed E-state index contributed by atoms with van der Waals surface area (Å²) in [6, 6.07) is 96.6. The molecular weight excluding hydrogens is 897 g/mol. The average Bonchev–Trinajstić information content (AvgIpc) is 4.25. The van der Waals surface area contributed by atoms with Gasteiger partial charge in [0.25, 0.3) is 0 Å². The van der Waals surface area contributed by atoms with E-state index in [-0.39, 0.29) is 0 Å². The van der Waals surface area contributed by atoms with Crippen molar-refractivity contribution in [2.75, 3.05) is 0 Å². The van der Waals surface area contributed by atoms with Crippen LogP contribution in [0.1, 0.15) is 55.6 Å². The lowest BCUT2D eigenvalue weighted by Gasteiger charge is -2.34. The molecule has 2 aliphatic carbocycles. The average molecular weight is 939 g/mol. The molecule has 0 atom stereocenters. The van der Waals surface area contributed by atoms with Crippen LogP contribution in [0.2, 0.25) is 0 Å². The molecule has 0 saturated carbocycles. The molecule has 0 aliphatic heterocycles. The summed E-state index contributed by atoms with van der Waals surface area (Å²) in [6.07, 6.45) is 0. The van der Waals surface area contributed by atoms with Crippen molar-refractivity contribution in [2.45, 2.75) is 10.8 Å². The van der Waals surface area contributed by atoms with Crippen molar-refractivity contribution in [3.8, 4) is 45.8 Å². The van der Waals surface area contributed by atoms with E-state index in [1.807, 2.05) is 12.1 Å². The van der Waals surface area contributed by atoms with Gasteiger partial charge in [0, 0.05) is 21.5 Å². The molecule has 2 heterocycles. The molecule has 0 amide bonds. The van der Waals surface area contributed by atoms with Crippen LogP contribution >= 0.6 is 0 Å². The van der Waals surface area contributed by atoms with Crippen LogP contribution in [0.25, 0.3) is 77.2 Å². The topological polar surface area (TPSA) is 57.4 Å². The largest absolute Gasteiger partial charge is 0.306 e. The molecule has 0 saturated heterocycles. The third-order valence-electron chi connectivity index (χ3n) is 16.3. The second kappa shape index (κ2) is 15.7. The summed E-state index contributed by atoms with van der Waals surface area (Å²) < 4.78 is 4.57. The van der Waals surface area contributed by atoms with Crippen LogP contribution in [-0.4, -0.2) is 9.13 Å². The highest BCUT2D eigenvalue weighted by molar-refractivity contribution is 6.18. The van der Waals surface area contributed by atoms with Gasteiger partial charge in [-0.1, -0.05) is 218 Å². The van der Waals surface area contributed by atoms with Gasteiger partial charge in [0.05, 0.1) is 55.4 Å². The van der Waals surface area contributed by atoms with Crippen molar-refractivity contribution in [3.05, 3.63) is 310 Å². The number of aromatic nitrogens is 2. The second-order valence-electron chi connectivity index (χ2n) is 19.6.